The summed E-state index contributed by atoms with van der Waals surface area (Å²) in [5, 5.41) is 13.0. The van der Waals surface area contributed by atoms with Gasteiger partial charge in [0.25, 0.3) is 0 Å². The fourth-order valence-electron chi connectivity index (χ4n) is 3.11. The normalized spacial score (nSPS) is 18.7. The number of hydrogen-bond acceptors (Lipinski definition) is 4. The number of para-hydroxylation sites is 2. The minimum atomic E-state index is -0.313. The van der Waals surface area contributed by atoms with Crippen molar-refractivity contribution >= 4 is 11.6 Å². The fourth-order valence-corrected chi connectivity index (χ4v) is 3.11. The number of rotatable bonds is 6. The lowest BCUT2D eigenvalue weighted by molar-refractivity contribution is -0.119. The number of carbonyl (C=O) groups excluding carboxylic acids is 1. The molecule has 24 heavy (non-hydrogen) atoms. The summed E-state index contributed by atoms with van der Waals surface area (Å²) in [6.45, 7) is 0.576. The first kappa shape index (κ1) is 16.5. The maximum Gasteiger partial charge on any atom is 0.244 e. The Morgan fingerprint density at radius 3 is 2.62 bits per heavy atom. The van der Waals surface area contributed by atoms with E-state index in [2.05, 4.69) is 5.32 Å². The molecule has 126 valence electrons. The van der Waals surface area contributed by atoms with Crippen molar-refractivity contribution < 1.29 is 14.6 Å². The molecule has 1 fully saturated rings. The number of nitrogens with zero attached hydrogens (tertiary/aromatic N) is 1. The molecule has 0 spiro atoms. The topological polar surface area (TPSA) is 61.8 Å². The summed E-state index contributed by atoms with van der Waals surface area (Å²) < 4.78 is 5.36. The molecule has 1 aliphatic rings. The van der Waals surface area contributed by atoms with Gasteiger partial charge < -0.3 is 14.7 Å². The van der Waals surface area contributed by atoms with Crippen LogP contribution in [0, 0.1) is 0 Å². The second kappa shape index (κ2) is 7.47. The average Bonchev–Trinajstić information content (AvgIpc) is 3.00. The van der Waals surface area contributed by atoms with Crippen LogP contribution in [-0.4, -0.2) is 37.3 Å². The lowest BCUT2D eigenvalue weighted by Crippen LogP contribution is -2.41. The van der Waals surface area contributed by atoms with E-state index < -0.39 is 0 Å². The van der Waals surface area contributed by atoms with Gasteiger partial charge in [0.15, 0.2) is 0 Å². The molecule has 2 aromatic carbocycles. The first-order chi connectivity index (χ1) is 11.7. The van der Waals surface area contributed by atoms with E-state index in [1.54, 1.807) is 12.0 Å². The van der Waals surface area contributed by atoms with Crippen molar-refractivity contribution in [3.8, 4) is 5.75 Å². The highest BCUT2D eigenvalue weighted by Crippen LogP contribution is 2.31. The minimum absolute atomic E-state index is 0.00822. The highest BCUT2D eigenvalue weighted by Gasteiger charge is 2.35. The number of amides is 1. The van der Waals surface area contributed by atoms with E-state index in [1.807, 2.05) is 54.6 Å². The van der Waals surface area contributed by atoms with Gasteiger partial charge in [0.1, 0.15) is 5.75 Å². The van der Waals surface area contributed by atoms with Gasteiger partial charge in [0.05, 0.1) is 31.5 Å². The largest absolute Gasteiger partial charge is 0.495 e. The molecule has 0 bridgehead atoms. The van der Waals surface area contributed by atoms with Crippen LogP contribution in [0.25, 0.3) is 0 Å². The molecule has 0 aromatic heterocycles. The molecule has 1 amide bonds. The number of nitrogens with one attached hydrogen (secondary N) is 1. The Morgan fingerprint density at radius 2 is 1.92 bits per heavy atom. The number of hydrogen-bond donors (Lipinski definition) is 2. The summed E-state index contributed by atoms with van der Waals surface area (Å²) in [6.07, 6.45) is 0.695. The zero-order chi connectivity index (χ0) is 16.9. The van der Waals surface area contributed by atoms with Gasteiger partial charge >= 0.3 is 0 Å². The molecule has 1 saturated heterocycles. The number of carbonyl (C=O) groups is 1. The number of aliphatic hydroxyl groups is 1. The van der Waals surface area contributed by atoms with E-state index in [0.29, 0.717) is 18.7 Å². The standard InChI is InChI=1S/C19H22N2O3/c1-24-18-10-6-5-9-17(18)21-12-11-15(19(21)23)20-16(13-22)14-7-3-2-4-8-14/h2-10,15-16,20,22H,11-13H2,1H3/t15-,16+/m0/s1. The highest BCUT2D eigenvalue weighted by molar-refractivity contribution is 6.00. The molecule has 1 aliphatic heterocycles. The van der Waals surface area contributed by atoms with Crippen molar-refractivity contribution in [2.75, 3.05) is 25.2 Å². The third-order valence-corrected chi connectivity index (χ3v) is 4.37. The Hall–Kier alpha value is -2.37. The van der Waals surface area contributed by atoms with Crippen molar-refractivity contribution in [2.45, 2.75) is 18.5 Å². The predicted molar refractivity (Wildman–Crippen MR) is 93.2 cm³/mol. The molecular weight excluding hydrogens is 304 g/mol. The van der Waals surface area contributed by atoms with Gasteiger partial charge in [0.2, 0.25) is 5.91 Å². The zero-order valence-electron chi connectivity index (χ0n) is 13.7. The Bertz CT molecular complexity index is 690. The summed E-state index contributed by atoms with van der Waals surface area (Å²) in [7, 11) is 1.60. The SMILES string of the molecule is COc1ccccc1N1CC[C@H](N[C@H](CO)c2ccccc2)C1=O. The van der Waals surface area contributed by atoms with Crippen LogP contribution in [0.2, 0.25) is 0 Å². The van der Waals surface area contributed by atoms with Crippen molar-refractivity contribution in [2.24, 2.45) is 0 Å². The van der Waals surface area contributed by atoms with Crippen LogP contribution < -0.4 is 15.0 Å². The molecule has 2 N–H and O–H groups in total. The van der Waals surface area contributed by atoms with E-state index in [9.17, 15) is 9.90 Å². The van der Waals surface area contributed by atoms with Gasteiger partial charge in [-0.05, 0) is 24.1 Å². The Balaban J connectivity index is 1.74. The van der Waals surface area contributed by atoms with Crippen molar-refractivity contribution in [3.63, 3.8) is 0 Å². The van der Waals surface area contributed by atoms with Gasteiger partial charge in [-0.3, -0.25) is 10.1 Å². The van der Waals surface area contributed by atoms with Crippen LogP contribution in [0.5, 0.6) is 5.75 Å². The maximum absolute atomic E-state index is 12.8. The summed E-state index contributed by atoms with van der Waals surface area (Å²) in [4.78, 5) is 14.5. The molecule has 0 unspecified atom stereocenters. The Morgan fingerprint density at radius 1 is 1.21 bits per heavy atom. The molecule has 3 rings (SSSR count). The summed E-state index contributed by atoms with van der Waals surface area (Å²) in [5.41, 5.74) is 1.76. The quantitative estimate of drug-likeness (QED) is 0.854. The maximum atomic E-state index is 12.8. The van der Waals surface area contributed by atoms with Gasteiger partial charge in [-0.15, -0.1) is 0 Å². The lowest BCUT2D eigenvalue weighted by atomic mass is 10.1. The van der Waals surface area contributed by atoms with E-state index in [0.717, 1.165) is 11.3 Å². The molecule has 0 aliphatic carbocycles. The van der Waals surface area contributed by atoms with E-state index >= 15 is 0 Å². The van der Waals surface area contributed by atoms with Crippen LogP contribution in [-0.2, 0) is 4.79 Å². The predicted octanol–water partition coefficient (Wildman–Crippen LogP) is 2.12. The van der Waals surface area contributed by atoms with Gasteiger partial charge in [-0.25, -0.2) is 0 Å². The highest BCUT2D eigenvalue weighted by atomic mass is 16.5. The molecule has 0 radical (unpaired) electrons. The summed E-state index contributed by atoms with van der Waals surface area (Å²) in [5.74, 6) is 0.696. The second-order valence-corrected chi connectivity index (χ2v) is 5.82. The number of anilines is 1. The third kappa shape index (κ3) is 3.27. The van der Waals surface area contributed by atoms with Gasteiger partial charge in [-0.2, -0.15) is 0 Å². The molecule has 0 saturated carbocycles. The van der Waals surface area contributed by atoms with Crippen LogP contribution in [0.4, 0.5) is 5.69 Å². The number of methoxy groups -OCH3 is 1. The van der Waals surface area contributed by atoms with Crippen molar-refractivity contribution in [3.05, 3.63) is 60.2 Å². The molecule has 2 atom stereocenters. The first-order valence-corrected chi connectivity index (χ1v) is 8.11. The van der Waals surface area contributed by atoms with Crippen LogP contribution in [0.3, 0.4) is 0 Å². The van der Waals surface area contributed by atoms with Gasteiger partial charge in [0, 0.05) is 6.54 Å². The Kier molecular flexibility index (Phi) is 5.13. The van der Waals surface area contributed by atoms with E-state index in [-0.39, 0.29) is 24.6 Å². The Labute approximate surface area is 141 Å². The van der Waals surface area contributed by atoms with Crippen molar-refractivity contribution in [1.29, 1.82) is 0 Å². The fraction of sp³-hybridized carbons (Fsp3) is 0.316. The summed E-state index contributed by atoms with van der Waals surface area (Å²) >= 11 is 0. The number of ether oxygens (including phenoxy) is 1. The monoisotopic (exact) mass is 326 g/mol. The number of benzene rings is 2. The smallest absolute Gasteiger partial charge is 0.244 e. The van der Waals surface area contributed by atoms with Crippen LogP contribution in [0.1, 0.15) is 18.0 Å². The molecule has 5 nitrogen and oxygen atoms in total. The summed E-state index contributed by atoms with van der Waals surface area (Å²) in [6, 6.07) is 16.6. The van der Waals surface area contributed by atoms with E-state index in [4.69, 9.17) is 4.74 Å². The lowest BCUT2D eigenvalue weighted by Gasteiger charge is -2.22. The first-order valence-electron chi connectivity index (χ1n) is 8.11. The van der Waals surface area contributed by atoms with Crippen molar-refractivity contribution in [1.82, 2.24) is 5.32 Å². The molecule has 5 heteroatoms. The number of aliphatic hydroxyl groups excluding tert-OH is 1. The van der Waals surface area contributed by atoms with Gasteiger partial charge in [-0.1, -0.05) is 42.5 Å². The molecule has 1 heterocycles. The van der Waals surface area contributed by atoms with E-state index in [1.165, 1.54) is 0 Å². The average molecular weight is 326 g/mol. The second-order valence-electron chi connectivity index (χ2n) is 5.82. The third-order valence-electron chi connectivity index (χ3n) is 4.37. The minimum Gasteiger partial charge on any atom is -0.495 e. The van der Waals surface area contributed by atoms with Crippen LogP contribution in [0.15, 0.2) is 54.6 Å². The van der Waals surface area contributed by atoms with Crippen LogP contribution >= 0.6 is 0 Å². The zero-order valence-corrected chi connectivity index (χ0v) is 13.7. The molecule has 2 aromatic rings. The molecular formula is C19H22N2O3.